The van der Waals surface area contributed by atoms with Crippen molar-refractivity contribution in [3.05, 3.63) is 0 Å². The van der Waals surface area contributed by atoms with Crippen molar-refractivity contribution in [3.8, 4) is 0 Å². The fourth-order valence-corrected chi connectivity index (χ4v) is 3.26. The monoisotopic (exact) mass is 268 g/mol. The normalized spacial score (nSPS) is 25.8. The summed E-state index contributed by atoms with van der Waals surface area (Å²) in [5, 5.41) is 0. The number of nitrogens with zero attached hydrogens (tertiary/aromatic N) is 2. The van der Waals surface area contributed by atoms with E-state index in [1.54, 1.807) is 0 Å². The van der Waals surface area contributed by atoms with Crippen LogP contribution in [-0.4, -0.2) is 60.6 Å². The summed E-state index contributed by atoms with van der Waals surface area (Å²) in [6.45, 7) is 7.97. The van der Waals surface area contributed by atoms with Gasteiger partial charge in [-0.25, -0.2) is 0 Å². The van der Waals surface area contributed by atoms with Gasteiger partial charge in [-0.15, -0.1) is 0 Å². The van der Waals surface area contributed by atoms with Gasteiger partial charge in [0, 0.05) is 19.1 Å². The molecule has 1 saturated heterocycles. The van der Waals surface area contributed by atoms with E-state index < -0.39 is 0 Å². The van der Waals surface area contributed by atoms with Gasteiger partial charge in [-0.3, -0.25) is 9.69 Å². The van der Waals surface area contributed by atoms with E-state index in [-0.39, 0.29) is 12.0 Å². The topological polar surface area (TPSA) is 32.8 Å². The third-order valence-corrected chi connectivity index (χ3v) is 4.43. The lowest BCUT2D eigenvalue weighted by Gasteiger charge is -2.36. The summed E-state index contributed by atoms with van der Waals surface area (Å²) in [5.74, 6) is 0.280. The average molecular weight is 268 g/mol. The summed E-state index contributed by atoms with van der Waals surface area (Å²) in [6, 6.07) is 0.626. The molecule has 1 atom stereocenters. The number of ether oxygens (including phenoxy) is 1. The molecule has 1 amide bonds. The van der Waals surface area contributed by atoms with Gasteiger partial charge in [0.25, 0.3) is 0 Å². The molecule has 2 fully saturated rings. The highest BCUT2D eigenvalue weighted by Crippen LogP contribution is 2.22. The van der Waals surface area contributed by atoms with Crippen molar-refractivity contribution < 1.29 is 9.53 Å². The van der Waals surface area contributed by atoms with Crippen molar-refractivity contribution in [1.29, 1.82) is 0 Å². The second kappa shape index (κ2) is 7.25. The predicted molar refractivity (Wildman–Crippen MR) is 76.1 cm³/mol. The molecule has 0 bridgehead atoms. The Balaban J connectivity index is 1.84. The Kier molecular flexibility index (Phi) is 5.64. The van der Waals surface area contributed by atoms with Crippen LogP contribution < -0.4 is 0 Å². The van der Waals surface area contributed by atoms with Gasteiger partial charge in [0.05, 0.1) is 19.3 Å². The maximum Gasteiger partial charge on any atom is 0.236 e. The molecule has 0 radical (unpaired) electrons. The number of hydrogen-bond donors (Lipinski definition) is 0. The first-order valence-corrected chi connectivity index (χ1v) is 7.84. The van der Waals surface area contributed by atoms with E-state index in [1.165, 1.54) is 32.1 Å². The van der Waals surface area contributed by atoms with E-state index in [4.69, 9.17) is 4.74 Å². The number of carbonyl (C=O) groups excluding carboxylic acids is 1. The van der Waals surface area contributed by atoms with E-state index >= 15 is 0 Å². The Morgan fingerprint density at radius 3 is 2.68 bits per heavy atom. The first kappa shape index (κ1) is 14.8. The second-order valence-corrected chi connectivity index (χ2v) is 5.88. The summed E-state index contributed by atoms with van der Waals surface area (Å²) >= 11 is 0. The van der Waals surface area contributed by atoms with Gasteiger partial charge in [-0.05, 0) is 26.3 Å². The van der Waals surface area contributed by atoms with Crippen LogP contribution in [0, 0.1) is 0 Å². The van der Waals surface area contributed by atoms with Crippen molar-refractivity contribution in [3.63, 3.8) is 0 Å². The third-order valence-electron chi connectivity index (χ3n) is 4.43. The van der Waals surface area contributed by atoms with E-state index in [2.05, 4.69) is 11.8 Å². The zero-order valence-corrected chi connectivity index (χ0v) is 12.4. The molecule has 2 aliphatic rings. The minimum Gasteiger partial charge on any atom is -0.375 e. The van der Waals surface area contributed by atoms with Crippen LogP contribution in [0.25, 0.3) is 0 Å². The highest BCUT2D eigenvalue weighted by molar-refractivity contribution is 5.78. The van der Waals surface area contributed by atoms with Crippen molar-refractivity contribution in [1.82, 2.24) is 9.80 Å². The van der Waals surface area contributed by atoms with Crippen LogP contribution in [0.1, 0.15) is 46.0 Å². The van der Waals surface area contributed by atoms with E-state index in [1.807, 2.05) is 11.8 Å². The van der Waals surface area contributed by atoms with Gasteiger partial charge in [0.15, 0.2) is 0 Å². The molecule has 1 saturated carbocycles. The van der Waals surface area contributed by atoms with Crippen LogP contribution in [0.4, 0.5) is 0 Å². The van der Waals surface area contributed by atoms with Crippen LogP contribution in [0.2, 0.25) is 0 Å². The van der Waals surface area contributed by atoms with Crippen LogP contribution in [0.15, 0.2) is 0 Å². The molecule has 110 valence electrons. The predicted octanol–water partition coefficient (Wildman–Crippen LogP) is 1.89. The van der Waals surface area contributed by atoms with E-state index in [0.29, 0.717) is 19.2 Å². The Morgan fingerprint density at radius 2 is 2.05 bits per heavy atom. The first-order chi connectivity index (χ1) is 9.20. The zero-order valence-electron chi connectivity index (χ0n) is 12.4. The number of amides is 1. The molecule has 0 aromatic carbocycles. The highest BCUT2D eigenvalue weighted by Gasteiger charge is 2.26. The molecule has 1 unspecified atom stereocenters. The second-order valence-electron chi connectivity index (χ2n) is 5.88. The number of rotatable bonds is 4. The summed E-state index contributed by atoms with van der Waals surface area (Å²) in [4.78, 5) is 16.7. The quantitative estimate of drug-likeness (QED) is 0.780. The van der Waals surface area contributed by atoms with Crippen molar-refractivity contribution in [2.45, 2.75) is 58.1 Å². The lowest BCUT2D eigenvalue weighted by atomic mass is 9.94. The molecule has 1 aliphatic heterocycles. The largest absolute Gasteiger partial charge is 0.375 e. The third kappa shape index (κ3) is 4.18. The van der Waals surface area contributed by atoms with Gasteiger partial charge in [0.2, 0.25) is 5.91 Å². The fraction of sp³-hybridized carbons (Fsp3) is 0.933. The van der Waals surface area contributed by atoms with Crippen molar-refractivity contribution in [2.75, 3.05) is 32.8 Å². The lowest BCUT2D eigenvalue weighted by molar-refractivity contribution is -0.140. The summed E-state index contributed by atoms with van der Waals surface area (Å²) in [7, 11) is 0. The molecule has 19 heavy (non-hydrogen) atoms. The SMILES string of the molecule is CCN(CC(=O)N1CCOC(C)C1)C1CCCCC1. The minimum absolute atomic E-state index is 0.183. The molecule has 0 aromatic heterocycles. The molecule has 4 heteroatoms. The number of likely N-dealkylation sites (N-methyl/N-ethyl adjacent to an activating group) is 1. The smallest absolute Gasteiger partial charge is 0.236 e. The molecule has 0 aromatic rings. The average Bonchev–Trinajstić information content (AvgIpc) is 2.45. The summed E-state index contributed by atoms with van der Waals surface area (Å²) < 4.78 is 5.50. The van der Waals surface area contributed by atoms with Gasteiger partial charge >= 0.3 is 0 Å². The van der Waals surface area contributed by atoms with Crippen LogP contribution in [0.3, 0.4) is 0 Å². The maximum absolute atomic E-state index is 12.4. The molecule has 0 N–H and O–H groups in total. The highest BCUT2D eigenvalue weighted by atomic mass is 16.5. The van der Waals surface area contributed by atoms with Gasteiger partial charge < -0.3 is 9.64 Å². The molecule has 0 spiro atoms. The van der Waals surface area contributed by atoms with Crippen molar-refractivity contribution in [2.24, 2.45) is 0 Å². The number of carbonyl (C=O) groups is 1. The Hall–Kier alpha value is -0.610. The molecular weight excluding hydrogens is 240 g/mol. The van der Waals surface area contributed by atoms with Gasteiger partial charge in [-0.2, -0.15) is 0 Å². The number of hydrogen-bond acceptors (Lipinski definition) is 3. The van der Waals surface area contributed by atoms with Crippen LogP contribution >= 0.6 is 0 Å². The molecular formula is C15H28N2O2. The summed E-state index contributed by atoms with van der Waals surface area (Å²) in [6.07, 6.45) is 6.72. The Bertz CT molecular complexity index is 290. The molecule has 1 aliphatic carbocycles. The minimum atomic E-state index is 0.183. The zero-order chi connectivity index (χ0) is 13.7. The molecule has 4 nitrogen and oxygen atoms in total. The maximum atomic E-state index is 12.4. The molecule has 2 rings (SSSR count). The lowest BCUT2D eigenvalue weighted by Crippen LogP contribution is -2.50. The fourth-order valence-electron chi connectivity index (χ4n) is 3.26. The standard InChI is InChI=1S/C15H28N2O2/c1-3-16(14-7-5-4-6-8-14)12-15(18)17-9-10-19-13(2)11-17/h13-14H,3-12H2,1-2H3. The van der Waals surface area contributed by atoms with Crippen molar-refractivity contribution >= 4 is 5.91 Å². The van der Waals surface area contributed by atoms with E-state index in [0.717, 1.165) is 19.6 Å². The first-order valence-electron chi connectivity index (χ1n) is 7.84. The van der Waals surface area contributed by atoms with E-state index in [9.17, 15) is 4.79 Å². The van der Waals surface area contributed by atoms with Gasteiger partial charge in [-0.1, -0.05) is 26.2 Å². The Morgan fingerprint density at radius 1 is 1.32 bits per heavy atom. The number of morpholine rings is 1. The van der Waals surface area contributed by atoms with Gasteiger partial charge in [0.1, 0.15) is 0 Å². The van der Waals surface area contributed by atoms with Crippen LogP contribution in [0.5, 0.6) is 0 Å². The molecule has 1 heterocycles. The summed E-state index contributed by atoms with van der Waals surface area (Å²) in [5.41, 5.74) is 0. The Labute approximate surface area is 117 Å². The van der Waals surface area contributed by atoms with Crippen LogP contribution in [-0.2, 0) is 9.53 Å².